The second-order valence-electron chi connectivity index (χ2n) is 3.26. The molecule has 0 fully saturated rings. The Morgan fingerprint density at radius 2 is 1.60 bits per heavy atom. The van der Waals surface area contributed by atoms with Gasteiger partial charge in [0.1, 0.15) is 0 Å². The van der Waals surface area contributed by atoms with Crippen molar-refractivity contribution in [2.75, 3.05) is 0 Å². The van der Waals surface area contributed by atoms with E-state index in [1.165, 1.54) is 6.92 Å². The third kappa shape index (κ3) is 1.44. The minimum Gasteiger partial charge on any atom is -0.446 e. The van der Waals surface area contributed by atoms with Crippen molar-refractivity contribution in [3.63, 3.8) is 0 Å². The lowest BCUT2D eigenvalue weighted by molar-refractivity contribution is -0.142. The largest absolute Gasteiger partial charge is 0.446 e. The molecule has 0 bridgehead atoms. The Labute approximate surface area is 85.8 Å². The highest BCUT2D eigenvalue weighted by atomic mass is 16.5. The molecule has 1 aliphatic carbocycles. The van der Waals surface area contributed by atoms with E-state index in [1.54, 1.807) is 24.3 Å². The zero-order valence-electron chi connectivity index (χ0n) is 8.02. The van der Waals surface area contributed by atoms with Crippen molar-refractivity contribution >= 4 is 17.5 Å². The van der Waals surface area contributed by atoms with Gasteiger partial charge >= 0.3 is 5.97 Å². The summed E-state index contributed by atoms with van der Waals surface area (Å²) in [4.78, 5) is 34.0. The van der Waals surface area contributed by atoms with Gasteiger partial charge in [-0.05, 0) is 0 Å². The van der Waals surface area contributed by atoms with Gasteiger partial charge in [0.15, 0.2) is 0 Å². The van der Waals surface area contributed by atoms with Crippen molar-refractivity contribution in [2.24, 2.45) is 0 Å². The summed E-state index contributed by atoms with van der Waals surface area (Å²) in [5.74, 6) is -1.51. The van der Waals surface area contributed by atoms with Gasteiger partial charge < -0.3 is 4.74 Å². The first-order valence-corrected chi connectivity index (χ1v) is 4.46. The number of carbonyl (C=O) groups excluding carboxylic acids is 3. The number of carbonyl (C=O) groups is 3. The second kappa shape index (κ2) is 3.31. The van der Waals surface area contributed by atoms with Gasteiger partial charge in [-0.25, -0.2) is 0 Å². The quantitative estimate of drug-likeness (QED) is 0.505. The molecular formula is C11H8O4. The lowest BCUT2D eigenvalue weighted by atomic mass is 10.1. The second-order valence-corrected chi connectivity index (χ2v) is 3.26. The lowest BCUT2D eigenvalue weighted by Crippen LogP contribution is -2.27. The normalized spacial score (nSPS) is 15.3. The van der Waals surface area contributed by atoms with E-state index >= 15 is 0 Å². The van der Waals surface area contributed by atoms with Crippen LogP contribution in [-0.2, 0) is 9.53 Å². The number of Topliss-reactive ketones (excluding diaryl/α,β-unsaturated/α-hetero) is 2. The first-order valence-electron chi connectivity index (χ1n) is 4.46. The van der Waals surface area contributed by atoms with Crippen LogP contribution in [0.25, 0.3) is 0 Å². The third-order valence-corrected chi connectivity index (χ3v) is 2.22. The third-order valence-electron chi connectivity index (χ3n) is 2.22. The van der Waals surface area contributed by atoms with E-state index < -0.39 is 23.6 Å². The van der Waals surface area contributed by atoms with Crippen LogP contribution in [0.1, 0.15) is 27.6 Å². The van der Waals surface area contributed by atoms with Crippen LogP contribution in [-0.4, -0.2) is 23.6 Å². The van der Waals surface area contributed by atoms with Crippen LogP contribution in [0.5, 0.6) is 0 Å². The SMILES string of the molecule is CC(=O)OC1C(=O)c2ccccc2C1=O. The van der Waals surface area contributed by atoms with Crippen LogP contribution >= 0.6 is 0 Å². The molecule has 2 rings (SSSR count). The monoisotopic (exact) mass is 204 g/mol. The Balaban J connectivity index is 2.41. The minimum atomic E-state index is -1.28. The lowest BCUT2D eigenvalue weighted by Gasteiger charge is -2.05. The summed E-state index contributed by atoms with van der Waals surface area (Å²) in [6.07, 6.45) is -1.28. The molecule has 1 aromatic rings. The van der Waals surface area contributed by atoms with Crippen molar-refractivity contribution in [2.45, 2.75) is 13.0 Å². The van der Waals surface area contributed by atoms with Crippen LogP contribution in [0.15, 0.2) is 24.3 Å². The summed E-state index contributed by atoms with van der Waals surface area (Å²) < 4.78 is 4.68. The highest BCUT2D eigenvalue weighted by Crippen LogP contribution is 2.23. The molecule has 4 nitrogen and oxygen atoms in total. The van der Waals surface area contributed by atoms with E-state index in [0.29, 0.717) is 11.1 Å². The van der Waals surface area contributed by atoms with Crippen molar-refractivity contribution in [1.29, 1.82) is 0 Å². The zero-order chi connectivity index (χ0) is 11.0. The van der Waals surface area contributed by atoms with Crippen molar-refractivity contribution < 1.29 is 19.1 Å². The van der Waals surface area contributed by atoms with E-state index in [9.17, 15) is 14.4 Å². The number of hydrogen-bond donors (Lipinski definition) is 0. The van der Waals surface area contributed by atoms with Crippen LogP contribution in [0.4, 0.5) is 0 Å². The maximum atomic E-state index is 11.6. The Bertz CT molecular complexity index is 426. The van der Waals surface area contributed by atoms with Crippen molar-refractivity contribution in [3.05, 3.63) is 35.4 Å². The van der Waals surface area contributed by atoms with E-state index in [-0.39, 0.29) is 0 Å². The average molecular weight is 204 g/mol. The summed E-state index contributed by atoms with van der Waals surface area (Å²) >= 11 is 0. The molecule has 0 aromatic heterocycles. The fourth-order valence-corrected chi connectivity index (χ4v) is 1.59. The van der Waals surface area contributed by atoms with Gasteiger partial charge in [0.25, 0.3) is 0 Å². The molecule has 1 aromatic carbocycles. The van der Waals surface area contributed by atoms with Crippen molar-refractivity contribution in [1.82, 2.24) is 0 Å². The molecule has 0 aliphatic heterocycles. The maximum absolute atomic E-state index is 11.6. The summed E-state index contributed by atoms with van der Waals surface area (Å²) in [5, 5.41) is 0. The molecule has 0 heterocycles. The van der Waals surface area contributed by atoms with Crippen LogP contribution in [0.3, 0.4) is 0 Å². The van der Waals surface area contributed by atoms with Gasteiger partial charge in [0, 0.05) is 18.1 Å². The summed E-state index contributed by atoms with van der Waals surface area (Å²) in [6.45, 7) is 1.17. The smallest absolute Gasteiger partial charge is 0.303 e. The molecule has 15 heavy (non-hydrogen) atoms. The molecule has 0 N–H and O–H groups in total. The first kappa shape index (κ1) is 9.58. The molecule has 0 amide bonds. The Morgan fingerprint density at radius 3 is 2.00 bits per heavy atom. The van der Waals surface area contributed by atoms with Gasteiger partial charge in [-0.3, -0.25) is 14.4 Å². The highest BCUT2D eigenvalue weighted by molar-refractivity contribution is 6.29. The molecule has 0 saturated heterocycles. The molecule has 4 heteroatoms. The van der Waals surface area contributed by atoms with Crippen LogP contribution < -0.4 is 0 Å². The molecule has 0 unspecified atom stereocenters. The van der Waals surface area contributed by atoms with Crippen LogP contribution in [0.2, 0.25) is 0 Å². The fourth-order valence-electron chi connectivity index (χ4n) is 1.59. The summed E-state index contributed by atoms with van der Waals surface area (Å²) in [6, 6.07) is 6.44. The first-order chi connectivity index (χ1) is 7.11. The number of ketones is 2. The van der Waals surface area contributed by atoms with Gasteiger partial charge in [0.2, 0.25) is 17.7 Å². The molecule has 0 spiro atoms. The number of hydrogen-bond acceptors (Lipinski definition) is 4. The summed E-state index contributed by atoms with van der Waals surface area (Å²) in [7, 11) is 0. The predicted molar refractivity (Wildman–Crippen MR) is 50.7 cm³/mol. The Hall–Kier alpha value is -1.97. The Morgan fingerprint density at radius 1 is 1.13 bits per heavy atom. The number of rotatable bonds is 1. The molecule has 1 aliphatic rings. The molecule has 0 atom stereocenters. The van der Waals surface area contributed by atoms with Crippen LogP contribution in [0, 0.1) is 0 Å². The standard InChI is InChI=1S/C11H8O4/c1-6(12)15-11-9(13)7-4-2-3-5-8(7)10(11)14/h2-5,11H,1H3. The molecule has 0 radical (unpaired) electrons. The average Bonchev–Trinajstić information content (AvgIpc) is 2.44. The number of benzene rings is 1. The van der Waals surface area contributed by atoms with Gasteiger partial charge in [-0.1, -0.05) is 24.3 Å². The molecule has 0 saturated carbocycles. The maximum Gasteiger partial charge on any atom is 0.303 e. The van der Waals surface area contributed by atoms with E-state index in [4.69, 9.17) is 0 Å². The van der Waals surface area contributed by atoms with Gasteiger partial charge in [-0.15, -0.1) is 0 Å². The van der Waals surface area contributed by atoms with Gasteiger partial charge in [0.05, 0.1) is 0 Å². The predicted octanol–water partition coefficient (Wildman–Crippen LogP) is 0.997. The van der Waals surface area contributed by atoms with E-state index in [0.717, 1.165) is 0 Å². The number of fused-ring (bicyclic) bond motifs is 1. The highest BCUT2D eigenvalue weighted by Gasteiger charge is 2.40. The fraction of sp³-hybridized carbons (Fsp3) is 0.182. The van der Waals surface area contributed by atoms with E-state index in [1.807, 2.05) is 0 Å². The number of ether oxygens (including phenoxy) is 1. The topological polar surface area (TPSA) is 60.4 Å². The number of esters is 1. The van der Waals surface area contributed by atoms with Gasteiger partial charge in [-0.2, -0.15) is 0 Å². The molecule has 76 valence electrons. The summed E-state index contributed by atoms with van der Waals surface area (Å²) in [5.41, 5.74) is 0.655. The van der Waals surface area contributed by atoms with Crippen molar-refractivity contribution in [3.8, 4) is 0 Å². The minimum absolute atomic E-state index is 0.328. The molecular weight excluding hydrogens is 196 g/mol. The Kier molecular flexibility index (Phi) is 2.11. The van der Waals surface area contributed by atoms with E-state index in [2.05, 4.69) is 4.74 Å². The zero-order valence-corrected chi connectivity index (χ0v) is 8.02.